The van der Waals surface area contributed by atoms with Crippen molar-refractivity contribution in [2.24, 2.45) is 10.8 Å². The molecule has 2 aliphatic heterocycles. The fourth-order valence-electron chi connectivity index (χ4n) is 7.81. The number of hydrogen-bond acceptors (Lipinski definition) is 8. The van der Waals surface area contributed by atoms with E-state index in [1.165, 1.54) is 6.92 Å². The number of hydrogen-bond donors (Lipinski definition) is 1. The molecule has 12 heteroatoms. The number of fused-ring (bicyclic) bond motifs is 2. The lowest BCUT2D eigenvalue weighted by atomic mass is 9.83. The molecule has 3 fully saturated rings. The highest BCUT2D eigenvalue weighted by atomic mass is 79.9. The number of piperidine rings is 1. The Balaban J connectivity index is 1.20. The second-order valence-electron chi connectivity index (χ2n) is 14.5. The number of likely N-dealkylation sites (tertiary alicyclic amines) is 2. The van der Waals surface area contributed by atoms with Crippen LogP contribution < -0.4 is 5.32 Å². The number of ketones is 1. The van der Waals surface area contributed by atoms with Crippen LogP contribution in [-0.2, 0) is 16.1 Å². The molecule has 0 radical (unpaired) electrons. The van der Waals surface area contributed by atoms with Crippen molar-refractivity contribution < 1.29 is 14.4 Å². The monoisotopic (exact) mass is 698 g/mol. The molecule has 1 aliphatic carbocycles. The molecular weight excluding hydrogens is 660 g/mol. The van der Waals surface area contributed by atoms with E-state index in [9.17, 15) is 14.4 Å². The average Bonchev–Trinajstić information content (AvgIpc) is 3.38. The number of rotatable bonds is 8. The van der Waals surface area contributed by atoms with Gasteiger partial charge in [-0.25, -0.2) is 15.0 Å². The smallest absolute Gasteiger partial charge is 0.248 e. The number of aryl methyl sites for hydroxylation is 3. The molecule has 7 rings (SSSR count). The molecule has 244 valence electrons. The maximum Gasteiger partial charge on any atom is 0.248 e. The minimum atomic E-state index is -0.640. The van der Waals surface area contributed by atoms with Crippen LogP contribution in [0.5, 0.6) is 0 Å². The van der Waals surface area contributed by atoms with Crippen LogP contribution in [0.2, 0.25) is 0 Å². The van der Waals surface area contributed by atoms with Gasteiger partial charge >= 0.3 is 0 Å². The lowest BCUT2D eigenvalue weighted by Gasteiger charge is -2.47. The van der Waals surface area contributed by atoms with Crippen LogP contribution in [0.25, 0.3) is 22.0 Å². The zero-order valence-corrected chi connectivity index (χ0v) is 29.2. The summed E-state index contributed by atoms with van der Waals surface area (Å²) in [4.78, 5) is 58.5. The Morgan fingerprint density at radius 1 is 1.00 bits per heavy atom. The predicted molar refractivity (Wildman–Crippen MR) is 182 cm³/mol. The van der Waals surface area contributed by atoms with E-state index >= 15 is 0 Å². The van der Waals surface area contributed by atoms with Gasteiger partial charge in [-0.15, -0.1) is 0 Å². The Bertz CT molecular complexity index is 1950. The topological polar surface area (TPSA) is 126 Å². The van der Waals surface area contributed by atoms with E-state index in [0.29, 0.717) is 33.7 Å². The minimum absolute atomic E-state index is 0.0330. The van der Waals surface area contributed by atoms with Crippen molar-refractivity contribution in [3.63, 3.8) is 0 Å². The number of nitrogens with zero attached hydrogens (tertiary/aromatic N) is 7. The number of pyridine rings is 1. The SMILES string of the molecule is CC(=O)c1nn(CC(=O)N2C3C[C@]3(CN3CC(C)(C)C3)C[C@H]2C(=O)Nc2nc(Br)ccc2C)c2c(C)cc(-c3cnc(C)nc3)cc12. The molecule has 3 aromatic heterocycles. The second-order valence-corrected chi connectivity index (χ2v) is 15.3. The normalized spacial score (nSPS) is 23.0. The van der Waals surface area contributed by atoms with Gasteiger partial charge in [0.2, 0.25) is 11.8 Å². The first-order chi connectivity index (χ1) is 22.2. The first kappa shape index (κ1) is 31.6. The molecule has 3 aliphatic rings. The number of benzene rings is 1. The van der Waals surface area contributed by atoms with Gasteiger partial charge in [0.15, 0.2) is 5.78 Å². The van der Waals surface area contributed by atoms with Crippen molar-refractivity contribution in [1.29, 1.82) is 0 Å². The zero-order valence-electron chi connectivity index (χ0n) is 27.6. The molecule has 2 saturated heterocycles. The number of carbonyl (C=O) groups excluding carboxylic acids is 3. The van der Waals surface area contributed by atoms with Gasteiger partial charge in [-0.2, -0.15) is 5.10 Å². The third-order valence-electron chi connectivity index (χ3n) is 9.92. The molecule has 4 aromatic rings. The Hall–Kier alpha value is -4.03. The maximum absolute atomic E-state index is 14.4. The van der Waals surface area contributed by atoms with E-state index in [4.69, 9.17) is 0 Å². The van der Waals surface area contributed by atoms with E-state index in [0.717, 1.165) is 53.8 Å². The molecule has 3 atom stereocenters. The Labute approximate surface area is 282 Å². The Morgan fingerprint density at radius 3 is 2.40 bits per heavy atom. The van der Waals surface area contributed by atoms with Crippen molar-refractivity contribution in [2.75, 3.05) is 25.0 Å². The van der Waals surface area contributed by atoms with E-state index in [1.54, 1.807) is 22.0 Å². The van der Waals surface area contributed by atoms with Gasteiger partial charge in [0.1, 0.15) is 34.5 Å². The Morgan fingerprint density at radius 2 is 1.72 bits per heavy atom. The quantitative estimate of drug-likeness (QED) is 0.199. The fourth-order valence-corrected chi connectivity index (χ4v) is 8.12. The van der Waals surface area contributed by atoms with Crippen LogP contribution in [0.3, 0.4) is 0 Å². The molecule has 11 nitrogen and oxygen atoms in total. The minimum Gasteiger partial charge on any atom is -0.325 e. The van der Waals surface area contributed by atoms with Gasteiger partial charge < -0.3 is 15.1 Å². The first-order valence-corrected chi connectivity index (χ1v) is 16.8. The highest BCUT2D eigenvalue weighted by Gasteiger charge is 2.68. The van der Waals surface area contributed by atoms with E-state index in [2.05, 4.69) is 60.0 Å². The lowest BCUT2D eigenvalue weighted by molar-refractivity contribution is -0.138. The summed E-state index contributed by atoms with van der Waals surface area (Å²) >= 11 is 3.40. The van der Waals surface area contributed by atoms with Crippen molar-refractivity contribution in [3.8, 4) is 11.1 Å². The van der Waals surface area contributed by atoms with Crippen molar-refractivity contribution >= 4 is 50.2 Å². The molecule has 47 heavy (non-hydrogen) atoms. The third-order valence-corrected chi connectivity index (χ3v) is 10.4. The number of nitrogens with one attached hydrogen (secondary N) is 1. The molecule has 0 bridgehead atoms. The number of aromatic nitrogens is 5. The van der Waals surface area contributed by atoms with Crippen LogP contribution in [0.4, 0.5) is 5.82 Å². The van der Waals surface area contributed by atoms with E-state index in [-0.39, 0.29) is 41.0 Å². The van der Waals surface area contributed by atoms with Crippen LogP contribution >= 0.6 is 15.9 Å². The largest absolute Gasteiger partial charge is 0.325 e. The number of amides is 2. The number of halogens is 1. The standard InChI is InChI=1S/C35H39BrN8O3/c1-19-7-8-28(36)39-32(19)40-33(47)26-11-35(18-42-16-34(5,6)17-42)12-27(35)44(26)29(46)15-43-31-20(2)9-23(24-13-37-22(4)38-14-24)10-25(31)30(41-43)21(3)45/h7-10,13-14,26-27H,11-12,15-18H2,1-6H3,(H,39,40,47)/t26-,27?,35-/m0/s1. The van der Waals surface area contributed by atoms with Gasteiger partial charge in [-0.3, -0.25) is 19.1 Å². The molecule has 2 amide bonds. The Kier molecular flexibility index (Phi) is 7.59. The van der Waals surface area contributed by atoms with Gasteiger partial charge in [-0.1, -0.05) is 19.9 Å². The molecule has 1 N–H and O–H groups in total. The van der Waals surface area contributed by atoms with Crippen LogP contribution in [0, 0.1) is 31.6 Å². The number of anilines is 1. The molecule has 1 saturated carbocycles. The summed E-state index contributed by atoms with van der Waals surface area (Å²) in [5.74, 6) is 0.538. The van der Waals surface area contributed by atoms with Crippen LogP contribution in [0.1, 0.15) is 61.1 Å². The predicted octanol–water partition coefficient (Wildman–Crippen LogP) is 5.12. The van der Waals surface area contributed by atoms with E-state index < -0.39 is 6.04 Å². The first-order valence-electron chi connectivity index (χ1n) is 16.0. The molecule has 5 heterocycles. The summed E-state index contributed by atoms with van der Waals surface area (Å²) < 4.78 is 2.26. The average molecular weight is 700 g/mol. The van der Waals surface area contributed by atoms with E-state index in [1.807, 2.05) is 45.0 Å². The molecule has 1 aromatic carbocycles. The fraction of sp³-hybridized carbons (Fsp3) is 0.457. The number of carbonyl (C=O) groups is 3. The summed E-state index contributed by atoms with van der Waals surface area (Å²) in [7, 11) is 0. The highest BCUT2D eigenvalue weighted by Crippen LogP contribution is 2.60. The molecule has 1 unspecified atom stereocenters. The van der Waals surface area contributed by atoms with Gasteiger partial charge in [0, 0.05) is 61.4 Å². The summed E-state index contributed by atoms with van der Waals surface area (Å²) in [5.41, 5.74) is 4.61. The van der Waals surface area contributed by atoms with Gasteiger partial charge in [0.05, 0.1) is 5.52 Å². The van der Waals surface area contributed by atoms with Gasteiger partial charge in [0.25, 0.3) is 0 Å². The van der Waals surface area contributed by atoms with Crippen LogP contribution in [-0.4, -0.2) is 83.8 Å². The summed E-state index contributed by atoms with van der Waals surface area (Å²) in [6, 6.07) is 6.97. The lowest BCUT2D eigenvalue weighted by Crippen LogP contribution is -2.54. The summed E-state index contributed by atoms with van der Waals surface area (Å²) in [5, 5.41) is 8.36. The van der Waals surface area contributed by atoms with Gasteiger partial charge in [-0.05, 0) is 89.8 Å². The zero-order chi connectivity index (χ0) is 33.4. The second kappa shape index (κ2) is 11.3. The summed E-state index contributed by atoms with van der Waals surface area (Å²) in [6.07, 6.45) is 4.99. The van der Waals surface area contributed by atoms with Crippen LogP contribution in [0.15, 0.2) is 41.3 Å². The number of Topliss-reactive ketones (excluding diaryl/α,β-unsaturated/α-hetero) is 1. The molecule has 0 spiro atoms. The molecular formula is C35H39BrN8O3. The third kappa shape index (κ3) is 5.75. The maximum atomic E-state index is 14.4. The van der Waals surface area contributed by atoms with Crippen molar-refractivity contribution in [3.05, 3.63) is 63.9 Å². The van der Waals surface area contributed by atoms with Crippen molar-refractivity contribution in [2.45, 2.75) is 73.0 Å². The summed E-state index contributed by atoms with van der Waals surface area (Å²) in [6.45, 7) is 14.5. The van der Waals surface area contributed by atoms with Crippen molar-refractivity contribution in [1.82, 2.24) is 34.5 Å². The highest BCUT2D eigenvalue weighted by molar-refractivity contribution is 9.10.